The number of hydrogen-bond acceptors (Lipinski definition) is 2. The van der Waals surface area contributed by atoms with Gasteiger partial charge in [0.1, 0.15) is 5.82 Å². The van der Waals surface area contributed by atoms with Crippen LogP contribution in [0.3, 0.4) is 0 Å². The van der Waals surface area contributed by atoms with Gasteiger partial charge in [-0.1, -0.05) is 0 Å². The fourth-order valence-electron chi connectivity index (χ4n) is 1.53. The minimum absolute atomic E-state index is 0.476. The predicted octanol–water partition coefficient (Wildman–Crippen LogP) is 1.14. The van der Waals surface area contributed by atoms with Crippen molar-refractivity contribution in [3.63, 3.8) is 0 Å². The monoisotopic (exact) mass is 151 g/mol. The van der Waals surface area contributed by atoms with E-state index in [0.717, 1.165) is 18.1 Å². The van der Waals surface area contributed by atoms with E-state index in [1.54, 1.807) is 0 Å². The van der Waals surface area contributed by atoms with Crippen molar-refractivity contribution in [2.75, 3.05) is 6.54 Å². The fraction of sp³-hybridized carbons (Fsp3) is 0.625. The van der Waals surface area contributed by atoms with Crippen molar-refractivity contribution in [3.8, 4) is 0 Å². The van der Waals surface area contributed by atoms with Gasteiger partial charge < -0.3 is 10.3 Å². The molecule has 60 valence electrons. The van der Waals surface area contributed by atoms with Gasteiger partial charge in [-0.05, 0) is 26.3 Å². The van der Waals surface area contributed by atoms with Crippen molar-refractivity contribution >= 4 is 0 Å². The number of H-pyrrole nitrogens is 1. The second-order valence-corrected chi connectivity index (χ2v) is 3.10. The Hall–Kier alpha value is -0.830. The number of aromatic nitrogens is 2. The van der Waals surface area contributed by atoms with Crippen LogP contribution in [0, 0.1) is 6.92 Å². The maximum absolute atomic E-state index is 4.28. The van der Waals surface area contributed by atoms with E-state index in [0.29, 0.717) is 6.04 Å². The standard InChI is InChI=1S/C8H13N3/c1-6-5-10-8(11-6)7-3-2-4-9-7/h5,7,9H,2-4H2,1H3,(H,10,11)/t7-/m0/s1. The van der Waals surface area contributed by atoms with Gasteiger partial charge in [0.05, 0.1) is 6.04 Å². The summed E-state index contributed by atoms with van der Waals surface area (Å²) < 4.78 is 0. The molecule has 0 unspecified atom stereocenters. The van der Waals surface area contributed by atoms with E-state index in [-0.39, 0.29) is 0 Å². The molecule has 0 aromatic carbocycles. The van der Waals surface area contributed by atoms with E-state index >= 15 is 0 Å². The Morgan fingerprint density at radius 3 is 3.09 bits per heavy atom. The Labute approximate surface area is 66.2 Å². The molecule has 1 fully saturated rings. The first-order valence-electron chi connectivity index (χ1n) is 4.11. The van der Waals surface area contributed by atoms with Gasteiger partial charge in [-0.25, -0.2) is 4.98 Å². The van der Waals surface area contributed by atoms with E-state index in [2.05, 4.69) is 15.3 Å². The lowest BCUT2D eigenvalue weighted by Gasteiger charge is -2.04. The van der Waals surface area contributed by atoms with E-state index in [1.165, 1.54) is 12.8 Å². The summed E-state index contributed by atoms with van der Waals surface area (Å²) in [5, 5.41) is 3.39. The minimum atomic E-state index is 0.476. The molecule has 3 heteroatoms. The van der Waals surface area contributed by atoms with Crippen LogP contribution in [0.25, 0.3) is 0 Å². The van der Waals surface area contributed by atoms with Crippen LogP contribution < -0.4 is 5.32 Å². The highest BCUT2D eigenvalue weighted by Crippen LogP contribution is 2.19. The largest absolute Gasteiger partial charge is 0.345 e. The summed E-state index contributed by atoms with van der Waals surface area (Å²) in [6.45, 7) is 3.16. The van der Waals surface area contributed by atoms with Crippen LogP contribution in [0.2, 0.25) is 0 Å². The van der Waals surface area contributed by atoms with Gasteiger partial charge in [-0.15, -0.1) is 0 Å². The number of rotatable bonds is 1. The molecule has 11 heavy (non-hydrogen) atoms. The molecule has 0 saturated carbocycles. The van der Waals surface area contributed by atoms with Crippen molar-refractivity contribution < 1.29 is 0 Å². The zero-order valence-corrected chi connectivity index (χ0v) is 6.72. The molecule has 3 nitrogen and oxygen atoms in total. The van der Waals surface area contributed by atoms with Crippen LogP contribution >= 0.6 is 0 Å². The van der Waals surface area contributed by atoms with E-state index < -0.39 is 0 Å². The first kappa shape index (κ1) is 6.85. The molecule has 1 aromatic heterocycles. The average molecular weight is 151 g/mol. The lowest BCUT2D eigenvalue weighted by Crippen LogP contribution is -2.14. The van der Waals surface area contributed by atoms with Crippen LogP contribution in [0.4, 0.5) is 0 Å². The van der Waals surface area contributed by atoms with Gasteiger partial charge in [-0.3, -0.25) is 0 Å². The summed E-state index contributed by atoms with van der Waals surface area (Å²) in [7, 11) is 0. The third-order valence-electron chi connectivity index (χ3n) is 2.11. The molecule has 2 heterocycles. The maximum atomic E-state index is 4.28. The predicted molar refractivity (Wildman–Crippen MR) is 43.3 cm³/mol. The van der Waals surface area contributed by atoms with E-state index in [1.807, 2.05) is 13.1 Å². The molecule has 2 N–H and O–H groups in total. The summed E-state index contributed by atoms with van der Waals surface area (Å²) in [4.78, 5) is 7.52. The van der Waals surface area contributed by atoms with Gasteiger partial charge in [0, 0.05) is 11.9 Å². The van der Waals surface area contributed by atoms with E-state index in [9.17, 15) is 0 Å². The smallest absolute Gasteiger partial charge is 0.123 e. The van der Waals surface area contributed by atoms with Gasteiger partial charge in [0.2, 0.25) is 0 Å². The van der Waals surface area contributed by atoms with Gasteiger partial charge in [0.15, 0.2) is 0 Å². The van der Waals surface area contributed by atoms with Crippen LogP contribution in [0.5, 0.6) is 0 Å². The molecule has 1 atom stereocenters. The molecule has 1 aliphatic heterocycles. The summed E-state index contributed by atoms with van der Waals surface area (Å²) in [5.74, 6) is 1.10. The van der Waals surface area contributed by atoms with Crippen molar-refractivity contribution in [1.82, 2.24) is 15.3 Å². The number of nitrogens with zero attached hydrogens (tertiary/aromatic N) is 1. The van der Waals surface area contributed by atoms with Crippen LogP contribution in [-0.2, 0) is 0 Å². The van der Waals surface area contributed by atoms with E-state index in [4.69, 9.17) is 0 Å². The van der Waals surface area contributed by atoms with Crippen LogP contribution in [0.15, 0.2) is 6.20 Å². The summed E-state index contributed by atoms with van der Waals surface area (Å²) in [6, 6.07) is 0.476. The molecule has 1 aliphatic rings. The number of aromatic amines is 1. The molecular formula is C8H13N3. The molecule has 2 rings (SSSR count). The SMILES string of the molecule is Cc1cnc([C@@H]2CCCN2)[nH]1. The van der Waals surface area contributed by atoms with Gasteiger partial charge in [0.25, 0.3) is 0 Å². The Morgan fingerprint density at radius 1 is 1.64 bits per heavy atom. The molecule has 0 aliphatic carbocycles. The zero-order valence-electron chi connectivity index (χ0n) is 6.72. The second kappa shape index (κ2) is 2.66. The fourth-order valence-corrected chi connectivity index (χ4v) is 1.53. The van der Waals surface area contributed by atoms with Gasteiger partial charge >= 0.3 is 0 Å². The lowest BCUT2D eigenvalue weighted by molar-refractivity contribution is 0.612. The first-order valence-corrected chi connectivity index (χ1v) is 4.11. The summed E-state index contributed by atoms with van der Waals surface area (Å²) in [6.07, 6.45) is 4.37. The highest BCUT2D eigenvalue weighted by atomic mass is 15.0. The Bertz CT molecular complexity index is 235. The minimum Gasteiger partial charge on any atom is -0.345 e. The van der Waals surface area contributed by atoms with Crippen LogP contribution in [0.1, 0.15) is 30.4 Å². The third-order valence-corrected chi connectivity index (χ3v) is 2.11. The topological polar surface area (TPSA) is 40.7 Å². The first-order chi connectivity index (χ1) is 5.36. The number of imidazole rings is 1. The molecule has 0 amide bonds. The normalized spacial score (nSPS) is 24.3. The highest BCUT2D eigenvalue weighted by molar-refractivity contribution is 5.04. The molecule has 0 bridgehead atoms. The molecular weight excluding hydrogens is 138 g/mol. The number of nitrogens with one attached hydrogen (secondary N) is 2. The van der Waals surface area contributed by atoms with Crippen molar-refractivity contribution in [3.05, 3.63) is 17.7 Å². The molecule has 1 saturated heterocycles. The molecule has 0 radical (unpaired) electrons. The lowest BCUT2D eigenvalue weighted by atomic mass is 10.2. The summed E-state index contributed by atoms with van der Waals surface area (Å²) >= 11 is 0. The Balaban J connectivity index is 2.15. The second-order valence-electron chi connectivity index (χ2n) is 3.10. The van der Waals surface area contributed by atoms with Gasteiger partial charge in [-0.2, -0.15) is 0 Å². The van der Waals surface area contributed by atoms with Crippen molar-refractivity contribution in [2.45, 2.75) is 25.8 Å². The number of hydrogen-bond donors (Lipinski definition) is 2. The zero-order chi connectivity index (χ0) is 7.68. The van der Waals surface area contributed by atoms with Crippen molar-refractivity contribution in [2.24, 2.45) is 0 Å². The van der Waals surface area contributed by atoms with Crippen LogP contribution in [-0.4, -0.2) is 16.5 Å². The Morgan fingerprint density at radius 2 is 2.55 bits per heavy atom. The van der Waals surface area contributed by atoms with Crippen molar-refractivity contribution in [1.29, 1.82) is 0 Å². The maximum Gasteiger partial charge on any atom is 0.123 e. The highest BCUT2D eigenvalue weighted by Gasteiger charge is 2.17. The average Bonchev–Trinajstić information content (AvgIpc) is 2.55. The third kappa shape index (κ3) is 1.28. The summed E-state index contributed by atoms with van der Waals surface area (Å²) in [5.41, 5.74) is 1.15. The quantitative estimate of drug-likeness (QED) is 0.632. The number of aryl methyl sites for hydroxylation is 1. The molecule has 0 spiro atoms. The molecule has 1 aromatic rings. The Kier molecular flexibility index (Phi) is 1.66.